The summed E-state index contributed by atoms with van der Waals surface area (Å²) in [6.07, 6.45) is 12.9. The number of pyridine rings is 1. The number of allylic oxidation sites excluding steroid dienone is 1. The Morgan fingerprint density at radius 2 is 2.00 bits per heavy atom. The highest BCUT2D eigenvalue weighted by Gasteiger charge is 2.46. The molecule has 1 saturated heterocycles. The summed E-state index contributed by atoms with van der Waals surface area (Å²) in [6.45, 7) is 10.9. The molecule has 2 aromatic rings. The first kappa shape index (κ1) is 27.4. The van der Waals surface area contributed by atoms with Crippen molar-refractivity contribution < 1.29 is 9.59 Å². The van der Waals surface area contributed by atoms with Crippen molar-refractivity contribution in [2.75, 3.05) is 38.5 Å². The van der Waals surface area contributed by atoms with Gasteiger partial charge in [0.25, 0.3) is 0 Å². The Morgan fingerprint density at radius 1 is 1.22 bits per heavy atom. The van der Waals surface area contributed by atoms with Crippen LogP contribution in [0.1, 0.15) is 56.0 Å². The molecule has 0 radical (unpaired) electrons. The van der Waals surface area contributed by atoms with E-state index >= 15 is 0 Å². The molecule has 37 heavy (non-hydrogen) atoms. The first-order valence-corrected chi connectivity index (χ1v) is 14.1. The quantitative estimate of drug-likeness (QED) is 0.340. The summed E-state index contributed by atoms with van der Waals surface area (Å²) in [5, 5.41) is 5.15. The molecule has 3 aliphatic heterocycles. The van der Waals surface area contributed by atoms with Gasteiger partial charge in [0.1, 0.15) is 12.1 Å². The normalized spacial score (nSPS) is 20.1. The number of rotatable bonds is 4. The Bertz CT molecular complexity index is 1140. The van der Waals surface area contributed by atoms with Crippen LogP contribution >= 0.6 is 11.3 Å². The summed E-state index contributed by atoms with van der Waals surface area (Å²) in [5.41, 5.74) is 3.37. The van der Waals surface area contributed by atoms with Gasteiger partial charge in [0.05, 0.1) is 5.41 Å². The van der Waals surface area contributed by atoms with Crippen molar-refractivity contribution in [1.29, 1.82) is 0 Å². The smallest absolute Gasteiger partial charge is 0.232 e. The first-order valence-electron chi connectivity index (χ1n) is 13.2. The minimum Gasteiger partial charge on any atom is -0.310 e. The number of hydrogen-bond donors (Lipinski definition) is 1. The number of hydrogen-bond acceptors (Lipinski definition) is 6. The van der Waals surface area contributed by atoms with E-state index in [1.165, 1.54) is 30.3 Å². The second-order valence-electron chi connectivity index (χ2n) is 11.5. The first-order chi connectivity index (χ1) is 17.7. The van der Waals surface area contributed by atoms with Gasteiger partial charge in [-0.25, -0.2) is 4.98 Å². The van der Waals surface area contributed by atoms with Crippen molar-refractivity contribution in [1.82, 2.24) is 14.8 Å². The van der Waals surface area contributed by atoms with Gasteiger partial charge in [-0.2, -0.15) is 0 Å². The Balaban J connectivity index is 0.000000207. The van der Waals surface area contributed by atoms with E-state index in [0.29, 0.717) is 5.82 Å². The van der Waals surface area contributed by atoms with Crippen LogP contribution in [0.2, 0.25) is 0 Å². The van der Waals surface area contributed by atoms with Crippen LogP contribution < -0.4 is 5.32 Å². The number of nitrogens with one attached hydrogen (secondary N) is 1. The number of anilines is 1. The van der Waals surface area contributed by atoms with E-state index in [9.17, 15) is 9.59 Å². The lowest BCUT2D eigenvalue weighted by Gasteiger charge is -2.47. The predicted molar refractivity (Wildman–Crippen MR) is 153 cm³/mol. The van der Waals surface area contributed by atoms with E-state index in [1.54, 1.807) is 17.8 Å². The third kappa shape index (κ3) is 7.03. The van der Waals surface area contributed by atoms with Crippen molar-refractivity contribution in [2.45, 2.75) is 58.4 Å². The lowest BCUT2D eigenvalue weighted by molar-refractivity contribution is -0.129. The fourth-order valence-corrected chi connectivity index (χ4v) is 6.08. The Labute approximate surface area is 225 Å². The molecule has 1 amide bonds. The number of likely N-dealkylation sites (N-methyl/N-ethyl adjacent to an activating group) is 1. The highest BCUT2D eigenvalue weighted by atomic mass is 32.1. The standard InChI is InChI=1S/C19H25N3O2.C11H15NS/c1-18(2,3)22-8-6-19(7-9-22)12-15-11-14(5-4-10-23)13-20-16(15)21-17(19)24;1-12-6-4-10(5-7-12)9-11-3-2-8-13-11/h4-5,10-11,13H,6-9,12H2,1-3H3,(H,20,21,24);2-4,8H,5-7,9H2,1H3/b5-4+;. The molecule has 3 aliphatic rings. The highest BCUT2D eigenvalue weighted by Crippen LogP contribution is 2.42. The molecule has 5 rings (SSSR count). The number of piperidine rings is 1. The number of aldehydes is 1. The van der Waals surface area contributed by atoms with Crippen LogP contribution in [0.4, 0.5) is 5.82 Å². The molecule has 0 aliphatic carbocycles. The van der Waals surface area contributed by atoms with Gasteiger partial charge in [0, 0.05) is 36.1 Å². The number of nitrogens with zero attached hydrogens (tertiary/aromatic N) is 3. The monoisotopic (exact) mass is 520 g/mol. The summed E-state index contributed by atoms with van der Waals surface area (Å²) >= 11 is 1.86. The molecule has 0 saturated carbocycles. The molecule has 1 N–H and O–H groups in total. The predicted octanol–water partition coefficient (Wildman–Crippen LogP) is 5.22. The molecule has 1 spiro atoms. The van der Waals surface area contributed by atoms with Gasteiger partial charge >= 0.3 is 0 Å². The zero-order valence-corrected chi connectivity index (χ0v) is 23.4. The number of likely N-dealkylation sites (tertiary alicyclic amines) is 1. The van der Waals surface area contributed by atoms with Gasteiger partial charge in [-0.05, 0) is 101 Å². The van der Waals surface area contributed by atoms with E-state index in [2.05, 4.69) is 71.5 Å². The van der Waals surface area contributed by atoms with Gasteiger partial charge in [-0.1, -0.05) is 23.8 Å². The topological polar surface area (TPSA) is 65.5 Å². The molecule has 2 aromatic heterocycles. The fourth-order valence-electron chi connectivity index (χ4n) is 5.32. The molecule has 0 atom stereocenters. The van der Waals surface area contributed by atoms with E-state index in [1.807, 2.05) is 17.4 Å². The zero-order valence-electron chi connectivity index (χ0n) is 22.6. The Kier molecular flexibility index (Phi) is 8.78. The van der Waals surface area contributed by atoms with E-state index in [-0.39, 0.29) is 16.9 Å². The molecular weight excluding hydrogens is 480 g/mol. The number of thiophene rings is 1. The Hall–Kier alpha value is -2.61. The largest absolute Gasteiger partial charge is 0.310 e. The summed E-state index contributed by atoms with van der Waals surface area (Å²) in [7, 11) is 2.18. The maximum absolute atomic E-state index is 12.7. The van der Waals surface area contributed by atoms with Crippen molar-refractivity contribution >= 4 is 35.4 Å². The third-order valence-electron chi connectivity index (χ3n) is 7.75. The lowest BCUT2D eigenvalue weighted by atomic mass is 9.70. The maximum Gasteiger partial charge on any atom is 0.232 e. The molecule has 0 aromatic carbocycles. The summed E-state index contributed by atoms with van der Waals surface area (Å²) in [5.74, 6) is 0.763. The highest BCUT2D eigenvalue weighted by molar-refractivity contribution is 7.09. The third-order valence-corrected chi connectivity index (χ3v) is 8.63. The van der Waals surface area contributed by atoms with E-state index in [4.69, 9.17) is 0 Å². The number of carbonyl (C=O) groups is 2. The van der Waals surface area contributed by atoms with Crippen LogP contribution in [0.15, 0.2) is 47.5 Å². The number of carbonyl (C=O) groups excluding carboxylic acids is 2. The minimum absolute atomic E-state index is 0.104. The molecule has 6 nitrogen and oxygen atoms in total. The Morgan fingerprint density at radius 3 is 2.62 bits per heavy atom. The molecule has 7 heteroatoms. The zero-order chi connectivity index (χ0) is 26.5. The molecule has 1 fully saturated rings. The molecule has 0 unspecified atom stereocenters. The van der Waals surface area contributed by atoms with Crippen molar-refractivity contribution in [3.05, 3.63) is 63.5 Å². The van der Waals surface area contributed by atoms with E-state index < -0.39 is 0 Å². The van der Waals surface area contributed by atoms with Crippen LogP contribution in [0.5, 0.6) is 0 Å². The van der Waals surface area contributed by atoms with Crippen LogP contribution in [0.3, 0.4) is 0 Å². The van der Waals surface area contributed by atoms with Crippen LogP contribution in [-0.2, 0) is 22.4 Å². The van der Waals surface area contributed by atoms with Gasteiger partial charge in [0.2, 0.25) is 5.91 Å². The molecule has 198 valence electrons. The number of amides is 1. The number of fused-ring (bicyclic) bond motifs is 1. The van der Waals surface area contributed by atoms with Gasteiger partial charge < -0.3 is 10.2 Å². The number of aromatic nitrogens is 1. The summed E-state index contributed by atoms with van der Waals surface area (Å²) in [6, 6.07) is 6.39. The van der Waals surface area contributed by atoms with Crippen LogP contribution in [-0.4, -0.2) is 65.7 Å². The van der Waals surface area contributed by atoms with E-state index in [0.717, 1.165) is 56.3 Å². The average Bonchev–Trinajstić information content (AvgIpc) is 3.38. The summed E-state index contributed by atoms with van der Waals surface area (Å²) < 4.78 is 0. The van der Waals surface area contributed by atoms with Crippen LogP contribution in [0, 0.1) is 5.41 Å². The van der Waals surface area contributed by atoms with Crippen molar-refractivity contribution in [3.63, 3.8) is 0 Å². The average molecular weight is 521 g/mol. The second kappa shape index (κ2) is 11.8. The molecule has 0 bridgehead atoms. The van der Waals surface area contributed by atoms with Crippen molar-refractivity contribution in [2.24, 2.45) is 5.41 Å². The van der Waals surface area contributed by atoms with Gasteiger partial charge in [-0.15, -0.1) is 11.3 Å². The minimum atomic E-state index is -0.330. The fraction of sp³-hybridized carbons (Fsp3) is 0.500. The van der Waals surface area contributed by atoms with Crippen molar-refractivity contribution in [3.8, 4) is 0 Å². The van der Waals surface area contributed by atoms with Gasteiger partial charge in [-0.3, -0.25) is 14.5 Å². The van der Waals surface area contributed by atoms with Gasteiger partial charge in [0.15, 0.2) is 0 Å². The molecule has 5 heterocycles. The summed E-state index contributed by atoms with van der Waals surface area (Å²) in [4.78, 5) is 33.9. The SMILES string of the molecule is CC(C)(C)N1CCC2(CC1)Cc1cc(/C=C/C=O)cnc1NC2=O.CN1CC=C(Cc2cccs2)CC1. The lowest BCUT2D eigenvalue weighted by Crippen LogP contribution is -2.54. The maximum atomic E-state index is 12.7. The molecular formula is C30H40N4O2S. The second-order valence-corrected chi connectivity index (χ2v) is 12.5. The van der Waals surface area contributed by atoms with Crippen LogP contribution in [0.25, 0.3) is 6.08 Å².